The zero-order valence-electron chi connectivity index (χ0n) is 11.8. The molecule has 100 valence electrons. The van der Waals surface area contributed by atoms with E-state index in [1.807, 2.05) is 0 Å². The van der Waals surface area contributed by atoms with E-state index in [0.29, 0.717) is 5.92 Å². The maximum Gasteiger partial charge on any atom is 0.120 e. The summed E-state index contributed by atoms with van der Waals surface area (Å²) in [6.07, 6.45) is 3.83. The van der Waals surface area contributed by atoms with Crippen molar-refractivity contribution in [1.82, 2.24) is 0 Å². The van der Waals surface area contributed by atoms with Crippen molar-refractivity contribution < 1.29 is 4.74 Å². The number of benzene rings is 1. The van der Waals surface area contributed by atoms with Gasteiger partial charge in [-0.1, -0.05) is 12.1 Å². The van der Waals surface area contributed by atoms with Gasteiger partial charge in [-0.05, 0) is 76.1 Å². The lowest BCUT2D eigenvalue weighted by atomic mass is 9.91. The van der Waals surface area contributed by atoms with Gasteiger partial charge in [-0.2, -0.15) is 0 Å². The van der Waals surface area contributed by atoms with Crippen molar-refractivity contribution in [3.05, 3.63) is 29.8 Å². The molecule has 2 nitrogen and oxygen atoms in total. The smallest absolute Gasteiger partial charge is 0.120 e. The second-order valence-corrected chi connectivity index (χ2v) is 6.30. The highest BCUT2D eigenvalue weighted by Gasteiger charge is 2.31. The van der Waals surface area contributed by atoms with E-state index in [1.165, 1.54) is 18.4 Å². The second-order valence-electron chi connectivity index (χ2n) is 6.30. The van der Waals surface area contributed by atoms with Crippen LogP contribution in [-0.4, -0.2) is 12.1 Å². The van der Waals surface area contributed by atoms with Crippen LogP contribution in [0.1, 0.15) is 51.5 Å². The van der Waals surface area contributed by atoms with E-state index in [4.69, 9.17) is 10.5 Å². The third-order valence-electron chi connectivity index (χ3n) is 3.40. The lowest BCUT2D eigenvalue weighted by Crippen LogP contribution is -2.22. The Morgan fingerprint density at radius 2 is 1.83 bits per heavy atom. The molecular weight excluding hydrogens is 222 g/mol. The largest absolute Gasteiger partial charge is 0.488 e. The first-order chi connectivity index (χ1) is 8.49. The molecule has 0 saturated heterocycles. The Hall–Kier alpha value is -1.02. The molecule has 1 atom stereocenters. The molecule has 1 aromatic rings. The second kappa shape index (κ2) is 5.31. The molecule has 0 amide bonds. The summed E-state index contributed by atoms with van der Waals surface area (Å²) in [6.45, 7) is 6.99. The van der Waals surface area contributed by atoms with Gasteiger partial charge >= 0.3 is 0 Å². The van der Waals surface area contributed by atoms with Crippen molar-refractivity contribution in [3.8, 4) is 5.75 Å². The summed E-state index contributed by atoms with van der Waals surface area (Å²) >= 11 is 0. The highest BCUT2D eigenvalue weighted by molar-refractivity contribution is 5.31. The Balaban J connectivity index is 2.06. The van der Waals surface area contributed by atoms with Crippen LogP contribution in [0.3, 0.4) is 0 Å². The van der Waals surface area contributed by atoms with E-state index >= 15 is 0 Å². The molecular formula is C16H25NO. The van der Waals surface area contributed by atoms with Gasteiger partial charge < -0.3 is 10.5 Å². The zero-order chi connectivity index (χ0) is 13.2. The van der Waals surface area contributed by atoms with Gasteiger partial charge in [0.05, 0.1) is 0 Å². The van der Waals surface area contributed by atoms with Crippen molar-refractivity contribution in [2.24, 2.45) is 11.7 Å². The van der Waals surface area contributed by atoms with Crippen LogP contribution in [0, 0.1) is 5.92 Å². The molecule has 0 radical (unpaired) electrons. The highest BCUT2D eigenvalue weighted by Crippen LogP contribution is 2.44. The third-order valence-corrected chi connectivity index (χ3v) is 3.40. The summed E-state index contributed by atoms with van der Waals surface area (Å²) in [4.78, 5) is 0. The quantitative estimate of drug-likeness (QED) is 0.861. The monoisotopic (exact) mass is 247 g/mol. The predicted molar refractivity (Wildman–Crippen MR) is 76.0 cm³/mol. The van der Waals surface area contributed by atoms with Crippen molar-refractivity contribution in [2.45, 2.75) is 51.6 Å². The van der Waals surface area contributed by atoms with Crippen molar-refractivity contribution in [3.63, 3.8) is 0 Å². The minimum absolute atomic E-state index is 0.130. The SMILES string of the molecule is CC(C)(C)Oc1ccc(C(CCN)C2CC2)cc1. The van der Waals surface area contributed by atoms with Crippen LogP contribution in [-0.2, 0) is 0 Å². The van der Waals surface area contributed by atoms with Crippen molar-refractivity contribution in [2.75, 3.05) is 6.54 Å². The van der Waals surface area contributed by atoms with Crippen LogP contribution >= 0.6 is 0 Å². The Morgan fingerprint density at radius 3 is 2.28 bits per heavy atom. The topological polar surface area (TPSA) is 35.2 Å². The normalized spacial score (nSPS) is 17.6. The van der Waals surface area contributed by atoms with Gasteiger partial charge in [0, 0.05) is 0 Å². The zero-order valence-corrected chi connectivity index (χ0v) is 11.8. The van der Waals surface area contributed by atoms with Crippen molar-refractivity contribution >= 4 is 0 Å². The maximum absolute atomic E-state index is 5.85. The average molecular weight is 247 g/mol. The number of ether oxygens (including phenoxy) is 1. The first kappa shape index (κ1) is 13.4. The van der Waals surface area contributed by atoms with Gasteiger partial charge in [0.25, 0.3) is 0 Å². The van der Waals surface area contributed by atoms with Crippen LogP contribution < -0.4 is 10.5 Å². The van der Waals surface area contributed by atoms with Crippen LogP contribution in [0.15, 0.2) is 24.3 Å². The van der Waals surface area contributed by atoms with E-state index in [-0.39, 0.29) is 5.60 Å². The minimum Gasteiger partial charge on any atom is -0.488 e. The van der Waals surface area contributed by atoms with E-state index in [1.54, 1.807) is 0 Å². The van der Waals surface area contributed by atoms with Crippen LogP contribution in [0.5, 0.6) is 5.75 Å². The molecule has 0 spiro atoms. The Bertz CT molecular complexity index is 373. The molecule has 2 N–H and O–H groups in total. The number of nitrogens with two attached hydrogens (primary N) is 1. The van der Waals surface area contributed by atoms with Gasteiger partial charge in [-0.3, -0.25) is 0 Å². The lowest BCUT2D eigenvalue weighted by molar-refractivity contribution is 0.131. The molecule has 1 aliphatic rings. The first-order valence-corrected chi connectivity index (χ1v) is 6.98. The number of hydrogen-bond acceptors (Lipinski definition) is 2. The maximum atomic E-state index is 5.85. The predicted octanol–water partition coefficient (Wildman–Crippen LogP) is 3.71. The summed E-state index contributed by atoms with van der Waals surface area (Å²) in [5.41, 5.74) is 7.01. The minimum atomic E-state index is -0.130. The average Bonchev–Trinajstić information content (AvgIpc) is 3.09. The van der Waals surface area contributed by atoms with E-state index in [0.717, 1.165) is 24.6 Å². The molecule has 1 saturated carbocycles. The number of hydrogen-bond donors (Lipinski definition) is 1. The summed E-state index contributed by atoms with van der Waals surface area (Å²) < 4.78 is 5.85. The highest BCUT2D eigenvalue weighted by atomic mass is 16.5. The molecule has 0 bridgehead atoms. The molecule has 0 heterocycles. The molecule has 0 aromatic heterocycles. The molecule has 2 heteroatoms. The van der Waals surface area contributed by atoms with Gasteiger partial charge in [0.2, 0.25) is 0 Å². The first-order valence-electron chi connectivity index (χ1n) is 6.98. The Morgan fingerprint density at radius 1 is 1.22 bits per heavy atom. The fourth-order valence-electron chi connectivity index (χ4n) is 2.49. The molecule has 0 aliphatic heterocycles. The molecule has 1 aliphatic carbocycles. The van der Waals surface area contributed by atoms with E-state index < -0.39 is 0 Å². The summed E-state index contributed by atoms with van der Waals surface area (Å²) in [5, 5.41) is 0. The number of rotatable bonds is 5. The van der Waals surface area contributed by atoms with Crippen LogP contribution in [0.2, 0.25) is 0 Å². The van der Waals surface area contributed by atoms with E-state index in [2.05, 4.69) is 45.0 Å². The van der Waals surface area contributed by atoms with Gasteiger partial charge in [0.1, 0.15) is 11.4 Å². The summed E-state index contributed by atoms with van der Waals surface area (Å²) in [6, 6.07) is 8.60. The summed E-state index contributed by atoms with van der Waals surface area (Å²) in [5.74, 6) is 2.47. The van der Waals surface area contributed by atoms with Gasteiger partial charge in [-0.25, -0.2) is 0 Å². The van der Waals surface area contributed by atoms with Gasteiger partial charge in [-0.15, -0.1) is 0 Å². The fraction of sp³-hybridized carbons (Fsp3) is 0.625. The van der Waals surface area contributed by atoms with E-state index in [9.17, 15) is 0 Å². The summed E-state index contributed by atoms with van der Waals surface area (Å²) in [7, 11) is 0. The standard InChI is InChI=1S/C16H25NO/c1-16(2,3)18-14-8-6-13(7-9-14)15(10-11-17)12-4-5-12/h6-9,12,15H,4-5,10-11,17H2,1-3H3. The van der Waals surface area contributed by atoms with Crippen LogP contribution in [0.25, 0.3) is 0 Å². The Labute approximate surface area is 111 Å². The third kappa shape index (κ3) is 3.74. The molecule has 1 fully saturated rings. The molecule has 2 rings (SSSR count). The molecule has 18 heavy (non-hydrogen) atoms. The van der Waals surface area contributed by atoms with Crippen LogP contribution in [0.4, 0.5) is 0 Å². The molecule has 1 aromatic carbocycles. The van der Waals surface area contributed by atoms with Gasteiger partial charge in [0.15, 0.2) is 0 Å². The Kier molecular flexibility index (Phi) is 3.96. The fourth-order valence-corrected chi connectivity index (χ4v) is 2.49. The van der Waals surface area contributed by atoms with Crippen molar-refractivity contribution in [1.29, 1.82) is 0 Å². The lowest BCUT2D eigenvalue weighted by Gasteiger charge is -2.22. The molecule has 1 unspecified atom stereocenters.